The van der Waals surface area contributed by atoms with Crippen LogP contribution in [-0.2, 0) is 11.3 Å². The van der Waals surface area contributed by atoms with Crippen molar-refractivity contribution >= 4 is 11.9 Å². The van der Waals surface area contributed by atoms with Gasteiger partial charge in [-0.2, -0.15) is 0 Å². The van der Waals surface area contributed by atoms with E-state index in [0.717, 1.165) is 12.1 Å². The monoisotopic (exact) mass is 352 g/mol. The van der Waals surface area contributed by atoms with Gasteiger partial charge in [0.1, 0.15) is 5.54 Å². The van der Waals surface area contributed by atoms with E-state index in [2.05, 4.69) is 0 Å². The van der Waals surface area contributed by atoms with Crippen LogP contribution >= 0.6 is 0 Å². The molecule has 6 heteroatoms. The quantitative estimate of drug-likeness (QED) is 0.746. The Bertz CT molecular complexity index is 678. The van der Waals surface area contributed by atoms with Crippen LogP contribution in [0.2, 0.25) is 0 Å². The maximum atomic E-state index is 13.6. The summed E-state index contributed by atoms with van der Waals surface area (Å²) in [5, 5.41) is 0. The summed E-state index contributed by atoms with van der Waals surface area (Å²) < 4.78 is 26.8. The summed E-state index contributed by atoms with van der Waals surface area (Å²) in [4.78, 5) is 29.0. The molecular formula is C19H26F2N2O2. The summed E-state index contributed by atoms with van der Waals surface area (Å²) in [6.45, 7) is 11.3. The molecule has 1 aromatic rings. The topological polar surface area (TPSA) is 40.6 Å². The fourth-order valence-corrected chi connectivity index (χ4v) is 3.94. The standard InChI is InChI=1S/C19H26F2N2O2/c1-11(2)19(12(3)4)17(24)23(13(5)6)18(25)22(19)10-14-7-8-15(20)16(21)9-14/h7-9,11-13H,10H2,1-6H3. The van der Waals surface area contributed by atoms with E-state index >= 15 is 0 Å². The van der Waals surface area contributed by atoms with E-state index < -0.39 is 17.2 Å². The van der Waals surface area contributed by atoms with Gasteiger partial charge in [-0.1, -0.05) is 33.8 Å². The molecule has 0 unspecified atom stereocenters. The van der Waals surface area contributed by atoms with Crippen molar-refractivity contribution in [1.29, 1.82) is 0 Å². The summed E-state index contributed by atoms with van der Waals surface area (Å²) in [5.41, 5.74) is -0.553. The largest absolute Gasteiger partial charge is 0.328 e. The van der Waals surface area contributed by atoms with E-state index in [0.29, 0.717) is 5.56 Å². The Morgan fingerprint density at radius 1 is 0.960 bits per heavy atom. The molecule has 1 aliphatic heterocycles. The molecule has 25 heavy (non-hydrogen) atoms. The molecule has 0 aliphatic carbocycles. The van der Waals surface area contributed by atoms with Gasteiger partial charge in [0.25, 0.3) is 5.91 Å². The lowest BCUT2D eigenvalue weighted by Crippen LogP contribution is -2.57. The number of rotatable bonds is 5. The molecule has 1 aromatic carbocycles. The van der Waals surface area contributed by atoms with E-state index in [-0.39, 0.29) is 36.4 Å². The van der Waals surface area contributed by atoms with Gasteiger partial charge in [-0.05, 0) is 43.4 Å². The summed E-state index contributed by atoms with van der Waals surface area (Å²) in [6.07, 6.45) is 0. The second-order valence-corrected chi connectivity index (χ2v) is 7.52. The maximum absolute atomic E-state index is 13.6. The van der Waals surface area contributed by atoms with Crippen molar-refractivity contribution in [3.8, 4) is 0 Å². The van der Waals surface area contributed by atoms with Crippen molar-refractivity contribution < 1.29 is 18.4 Å². The zero-order chi connectivity index (χ0) is 19.1. The summed E-state index contributed by atoms with van der Waals surface area (Å²) in [5.74, 6) is -2.37. The average molecular weight is 352 g/mol. The van der Waals surface area contributed by atoms with E-state index in [1.165, 1.54) is 15.9 Å². The number of nitrogens with zero attached hydrogens (tertiary/aromatic N) is 2. The molecule has 0 spiro atoms. The Balaban J connectivity index is 2.55. The van der Waals surface area contributed by atoms with Crippen LogP contribution in [-0.4, -0.2) is 33.3 Å². The maximum Gasteiger partial charge on any atom is 0.328 e. The number of carbonyl (C=O) groups excluding carboxylic acids is 2. The molecule has 1 fully saturated rings. The minimum atomic E-state index is -1.01. The number of hydrogen-bond acceptors (Lipinski definition) is 2. The first-order valence-electron chi connectivity index (χ1n) is 8.64. The Morgan fingerprint density at radius 3 is 1.96 bits per heavy atom. The SMILES string of the molecule is CC(C)N1C(=O)N(Cc2ccc(F)c(F)c2)C(C(C)C)(C(C)C)C1=O. The van der Waals surface area contributed by atoms with E-state index in [4.69, 9.17) is 0 Å². The lowest BCUT2D eigenvalue weighted by molar-refractivity contribution is -0.139. The van der Waals surface area contributed by atoms with E-state index in [1.54, 1.807) is 13.8 Å². The van der Waals surface area contributed by atoms with Gasteiger partial charge >= 0.3 is 6.03 Å². The molecule has 0 aromatic heterocycles. The van der Waals surface area contributed by atoms with Gasteiger partial charge in [-0.25, -0.2) is 13.6 Å². The van der Waals surface area contributed by atoms with Crippen LogP contribution < -0.4 is 0 Å². The van der Waals surface area contributed by atoms with E-state index in [1.807, 2.05) is 27.7 Å². The second kappa shape index (κ2) is 6.73. The van der Waals surface area contributed by atoms with Gasteiger partial charge in [0.2, 0.25) is 0 Å². The number of halogens is 2. The van der Waals surface area contributed by atoms with Crippen LogP contribution in [0.5, 0.6) is 0 Å². The molecule has 1 aliphatic rings. The third-order valence-corrected chi connectivity index (χ3v) is 5.05. The Labute approximate surface area is 147 Å². The third kappa shape index (κ3) is 2.92. The summed E-state index contributed by atoms with van der Waals surface area (Å²) in [7, 11) is 0. The minimum Gasteiger partial charge on any atom is -0.305 e. The Hall–Kier alpha value is -1.98. The van der Waals surface area contributed by atoms with Gasteiger partial charge in [0, 0.05) is 12.6 Å². The number of carbonyl (C=O) groups is 2. The van der Waals surface area contributed by atoms with Crippen molar-refractivity contribution in [2.75, 3.05) is 0 Å². The number of amides is 3. The first-order chi connectivity index (χ1) is 11.5. The second-order valence-electron chi connectivity index (χ2n) is 7.52. The van der Waals surface area contributed by atoms with Crippen molar-refractivity contribution in [1.82, 2.24) is 9.80 Å². The van der Waals surface area contributed by atoms with Crippen LogP contribution in [0.25, 0.3) is 0 Å². The fraction of sp³-hybridized carbons (Fsp3) is 0.579. The highest BCUT2D eigenvalue weighted by atomic mass is 19.2. The fourth-order valence-electron chi connectivity index (χ4n) is 3.94. The average Bonchev–Trinajstić information content (AvgIpc) is 2.71. The zero-order valence-electron chi connectivity index (χ0n) is 15.6. The van der Waals surface area contributed by atoms with Gasteiger partial charge in [0.15, 0.2) is 11.6 Å². The van der Waals surface area contributed by atoms with Gasteiger partial charge < -0.3 is 4.90 Å². The molecule has 3 amide bonds. The van der Waals surface area contributed by atoms with Gasteiger partial charge in [-0.15, -0.1) is 0 Å². The molecule has 0 bridgehead atoms. The first-order valence-corrected chi connectivity index (χ1v) is 8.64. The van der Waals surface area contributed by atoms with Crippen LogP contribution in [0.1, 0.15) is 47.1 Å². The lowest BCUT2D eigenvalue weighted by Gasteiger charge is -2.42. The van der Waals surface area contributed by atoms with Gasteiger partial charge in [-0.3, -0.25) is 9.69 Å². The molecule has 0 atom stereocenters. The number of urea groups is 1. The third-order valence-electron chi connectivity index (χ3n) is 5.05. The molecule has 0 saturated carbocycles. The zero-order valence-corrected chi connectivity index (χ0v) is 15.6. The van der Waals surface area contributed by atoms with Gasteiger partial charge in [0.05, 0.1) is 0 Å². The van der Waals surface area contributed by atoms with Crippen molar-refractivity contribution in [3.63, 3.8) is 0 Å². The molecule has 4 nitrogen and oxygen atoms in total. The lowest BCUT2D eigenvalue weighted by atomic mass is 9.75. The molecular weight excluding hydrogens is 326 g/mol. The highest BCUT2D eigenvalue weighted by Crippen LogP contribution is 2.42. The molecule has 1 saturated heterocycles. The molecule has 0 N–H and O–H groups in total. The normalized spacial score (nSPS) is 17.6. The van der Waals surface area contributed by atoms with Crippen LogP contribution in [0.15, 0.2) is 18.2 Å². The van der Waals surface area contributed by atoms with Crippen molar-refractivity contribution in [2.24, 2.45) is 11.8 Å². The highest BCUT2D eigenvalue weighted by Gasteiger charge is 2.60. The van der Waals surface area contributed by atoms with Crippen molar-refractivity contribution in [2.45, 2.75) is 59.7 Å². The molecule has 2 rings (SSSR count). The van der Waals surface area contributed by atoms with Crippen LogP contribution in [0.4, 0.5) is 13.6 Å². The molecule has 1 heterocycles. The molecule has 0 radical (unpaired) electrons. The first kappa shape index (κ1) is 19.3. The summed E-state index contributed by atoms with van der Waals surface area (Å²) in [6, 6.07) is 2.91. The van der Waals surface area contributed by atoms with Crippen LogP contribution in [0.3, 0.4) is 0 Å². The minimum absolute atomic E-state index is 0.0569. The predicted octanol–water partition coefficient (Wildman–Crippen LogP) is 4.19. The van der Waals surface area contributed by atoms with Crippen molar-refractivity contribution in [3.05, 3.63) is 35.4 Å². The van der Waals surface area contributed by atoms with E-state index in [9.17, 15) is 18.4 Å². The Kier molecular flexibility index (Phi) is 5.21. The smallest absolute Gasteiger partial charge is 0.305 e. The Morgan fingerprint density at radius 2 is 1.52 bits per heavy atom. The summed E-state index contributed by atoms with van der Waals surface area (Å²) >= 11 is 0. The predicted molar refractivity (Wildman–Crippen MR) is 91.7 cm³/mol. The highest BCUT2D eigenvalue weighted by molar-refractivity contribution is 6.07. The number of benzene rings is 1. The number of imide groups is 1. The number of hydrogen-bond donors (Lipinski definition) is 0. The van der Waals surface area contributed by atoms with Crippen LogP contribution in [0, 0.1) is 23.5 Å². The molecule has 138 valence electrons.